The van der Waals surface area contributed by atoms with Crippen LogP contribution in [0.2, 0.25) is 0 Å². The van der Waals surface area contributed by atoms with Crippen molar-refractivity contribution in [1.82, 2.24) is 34.7 Å². The summed E-state index contributed by atoms with van der Waals surface area (Å²) in [4.78, 5) is 32.7. The lowest BCUT2D eigenvalue weighted by molar-refractivity contribution is 0.0904. The van der Waals surface area contributed by atoms with Crippen molar-refractivity contribution in [3.8, 4) is 23.1 Å². The first-order valence-corrected chi connectivity index (χ1v) is 13.1. The monoisotopic (exact) mass is 529 g/mol. The van der Waals surface area contributed by atoms with Crippen molar-refractivity contribution in [2.45, 2.75) is 25.4 Å². The molecule has 0 atom stereocenters. The summed E-state index contributed by atoms with van der Waals surface area (Å²) in [5.41, 5.74) is 11.4. The molecule has 1 amide bonds. The Labute approximate surface area is 231 Å². The van der Waals surface area contributed by atoms with E-state index in [0.29, 0.717) is 22.9 Å². The Balaban J connectivity index is 1.12. The van der Waals surface area contributed by atoms with Crippen LogP contribution in [0.5, 0.6) is 0 Å². The lowest BCUT2D eigenvalue weighted by Gasteiger charge is -2.32. The number of nitriles is 1. The lowest BCUT2D eigenvalue weighted by atomic mass is 10.0. The summed E-state index contributed by atoms with van der Waals surface area (Å²) in [7, 11) is 0. The molecule has 0 saturated carbocycles. The van der Waals surface area contributed by atoms with E-state index in [1.807, 2.05) is 34.9 Å². The predicted octanol–water partition coefficient (Wildman–Crippen LogP) is 3.73. The van der Waals surface area contributed by atoms with Gasteiger partial charge in [0.2, 0.25) is 0 Å². The minimum Gasteiger partial charge on any atom is -0.383 e. The molecule has 5 heterocycles. The summed E-state index contributed by atoms with van der Waals surface area (Å²) in [6.07, 6.45) is 6.58. The van der Waals surface area contributed by atoms with Crippen LogP contribution in [0.3, 0.4) is 0 Å². The second-order valence-electron chi connectivity index (χ2n) is 9.79. The maximum absolute atomic E-state index is 12.5. The van der Waals surface area contributed by atoms with Gasteiger partial charge in [0, 0.05) is 50.0 Å². The van der Waals surface area contributed by atoms with Gasteiger partial charge in [-0.25, -0.2) is 19.9 Å². The second-order valence-corrected chi connectivity index (χ2v) is 9.79. The van der Waals surface area contributed by atoms with Gasteiger partial charge in [-0.2, -0.15) is 5.26 Å². The highest BCUT2D eigenvalue weighted by Crippen LogP contribution is 2.30. The van der Waals surface area contributed by atoms with E-state index in [2.05, 4.69) is 49.4 Å². The van der Waals surface area contributed by atoms with Crippen LogP contribution < -0.4 is 11.1 Å². The third-order valence-electron chi connectivity index (χ3n) is 7.14. The van der Waals surface area contributed by atoms with Crippen molar-refractivity contribution in [1.29, 1.82) is 5.26 Å². The van der Waals surface area contributed by atoms with Gasteiger partial charge in [0.1, 0.15) is 23.1 Å². The van der Waals surface area contributed by atoms with Crippen molar-refractivity contribution in [3.63, 3.8) is 0 Å². The standard InChI is InChI=1S/C30H27N9O/c31-17-21-7-10-26(35-18-21)30(40)36-22-11-15-38(16-12-22)19-20-5-8-23(9-6-20)39-28(24-3-1-13-33-27(24)32)37-25-4-2-14-34-29(25)39/h1-10,13-14,18,22H,11-12,15-16,19H2,(H2,32,33)(H,36,40). The quantitative estimate of drug-likeness (QED) is 0.339. The van der Waals surface area contributed by atoms with Gasteiger partial charge in [-0.05, 0) is 66.9 Å². The zero-order chi connectivity index (χ0) is 27.5. The van der Waals surface area contributed by atoms with E-state index in [9.17, 15) is 4.79 Å². The molecule has 1 aromatic carbocycles. The number of aromatic nitrogens is 5. The van der Waals surface area contributed by atoms with Crippen LogP contribution in [0.4, 0.5) is 5.82 Å². The van der Waals surface area contributed by atoms with Crippen LogP contribution in [0, 0.1) is 11.3 Å². The number of nitrogens with two attached hydrogens (primary N) is 1. The molecule has 1 aliphatic heterocycles. The summed E-state index contributed by atoms with van der Waals surface area (Å²) in [5, 5.41) is 12.0. The minimum atomic E-state index is -0.201. The number of carbonyl (C=O) groups excluding carboxylic acids is 1. The van der Waals surface area contributed by atoms with Crippen LogP contribution in [0.15, 0.2) is 79.3 Å². The normalized spacial score (nSPS) is 14.2. The third kappa shape index (κ3) is 5.10. The Morgan fingerprint density at radius 3 is 2.50 bits per heavy atom. The molecule has 40 heavy (non-hydrogen) atoms. The molecule has 1 fully saturated rings. The van der Waals surface area contributed by atoms with E-state index in [0.717, 1.165) is 54.9 Å². The molecule has 0 bridgehead atoms. The maximum Gasteiger partial charge on any atom is 0.270 e. The molecule has 0 radical (unpaired) electrons. The number of carbonyl (C=O) groups is 1. The van der Waals surface area contributed by atoms with E-state index in [-0.39, 0.29) is 11.9 Å². The fourth-order valence-corrected chi connectivity index (χ4v) is 5.04. The number of pyridine rings is 3. The Kier molecular flexibility index (Phi) is 6.87. The molecular weight excluding hydrogens is 502 g/mol. The predicted molar refractivity (Wildman–Crippen MR) is 151 cm³/mol. The summed E-state index contributed by atoms with van der Waals surface area (Å²) in [6, 6.07) is 21.3. The highest BCUT2D eigenvalue weighted by molar-refractivity contribution is 5.92. The topological polar surface area (TPSA) is 139 Å². The number of nitrogens with zero attached hydrogens (tertiary/aromatic N) is 7. The molecule has 1 saturated heterocycles. The molecule has 3 N–H and O–H groups in total. The highest BCUT2D eigenvalue weighted by atomic mass is 16.1. The van der Waals surface area contributed by atoms with E-state index < -0.39 is 0 Å². The average Bonchev–Trinajstić information content (AvgIpc) is 3.38. The number of piperidine rings is 1. The number of amides is 1. The molecule has 10 heteroatoms. The number of nitrogens with one attached hydrogen (secondary N) is 1. The average molecular weight is 530 g/mol. The molecule has 1 aliphatic rings. The Hall–Kier alpha value is -5.14. The van der Waals surface area contributed by atoms with Gasteiger partial charge < -0.3 is 11.1 Å². The summed E-state index contributed by atoms with van der Waals surface area (Å²) in [5.74, 6) is 0.920. The van der Waals surface area contributed by atoms with Gasteiger partial charge in [0.05, 0.1) is 11.1 Å². The van der Waals surface area contributed by atoms with Crippen LogP contribution >= 0.6 is 0 Å². The Morgan fingerprint density at radius 1 is 1.00 bits per heavy atom. The maximum atomic E-state index is 12.5. The molecule has 10 nitrogen and oxygen atoms in total. The number of anilines is 1. The number of imidazole rings is 1. The van der Waals surface area contributed by atoms with Crippen molar-refractivity contribution in [3.05, 3.63) is 96.1 Å². The Bertz CT molecular complexity index is 1700. The molecular formula is C30H27N9O. The smallest absolute Gasteiger partial charge is 0.270 e. The lowest BCUT2D eigenvalue weighted by Crippen LogP contribution is -2.44. The van der Waals surface area contributed by atoms with Crippen molar-refractivity contribution in [2.24, 2.45) is 0 Å². The fourth-order valence-electron chi connectivity index (χ4n) is 5.04. The number of hydrogen-bond donors (Lipinski definition) is 2. The number of nitrogen functional groups attached to an aromatic ring is 1. The zero-order valence-corrected chi connectivity index (χ0v) is 21.7. The number of benzene rings is 1. The van der Waals surface area contributed by atoms with Crippen LogP contribution in [0.25, 0.3) is 28.2 Å². The number of likely N-dealkylation sites (tertiary alicyclic amines) is 1. The molecule has 0 aliphatic carbocycles. The molecule has 6 rings (SSSR count). The van der Waals surface area contributed by atoms with Gasteiger partial charge >= 0.3 is 0 Å². The molecule has 198 valence electrons. The summed E-state index contributed by atoms with van der Waals surface area (Å²) < 4.78 is 2.02. The van der Waals surface area contributed by atoms with Gasteiger partial charge in [0.25, 0.3) is 5.91 Å². The molecule has 0 spiro atoms. The first kappa shape index (κ1) is 25.2. The Morgan fingerprint density at radius 2 is 1.77 bits per heavy atom. The van der Waals surface area contributed by atoms with E-state index in [1.165, 1.54) is 11.8 Å². The number of fused-ring (bicyclic) bond motifs is 1. The fraction of sp³-hybridized carbons (Fsp3) is 0.200. The molecule has 4 aromatic heterocycles. The van der Waals surface area contributed by atoms with Crippen molar-refractivity contribution >= 4 is 22.9 Å². The number of hydrogen-bond acceptors (Lipinski definition) is 8. The summed E-state index contributed by atoms with van der Waals surface area (Å²) >= 11 is 0. The van der Waals surface area contributed by atoms with E-state index in [1.54, 1.807) is 24.5 Å². The zero-order valence-electron chi connectivity index (χ0n) is 21.7. The molecule has 0 unspecified atom stereocenters. The van der Waals surface area contributed by atoms with Gasteiger partial charge in [0.15, 0.2) is 11.5 Å². The van der Waals surface area contributed by atoms with Gasteiger partial charge in [-0.15, -0.1) is 0 Å². The number of rotatable bonds is 6. The van der Waals surface area contributed by atoms with Crippen molar-refractivity contribution in [2.75, 3.05) is 18.8 Å². The van der Waals surface area contributed by atoms with Crippen LogP contribution in [0.1, 0.15) is 34.5 Å². The second kappa shape index (κ2) is 10.9. The van der Waals surface area contributed by atoms with Crippen LogP contribution in [-0.2, 0) is 6.54 Å². The van der Waals surface area contributed by atoms with Crippen molar-refractivity contribution < 1.29 is 4.79 Å². The first-order valence-electron chi connectivity index (χ1n) is 13.1. The first-order chi connectivity index (χ1) is 19.6. The van der Waals surface area contributed by atoms with Gasteiger partial charge in [-0.1, -0.05) is 12.1 Å². The SMILES string of the molecule is N#Cc1ccc(C(=O)NC2CCN(Cc3ccc(-n4c(-c5cccnc5N)nc5cccnc54)cc3)CC2)nc1. The summed E-state index contributed by atoms with van der Waals surface area (Å²) in [6.45, 7) is 2.59. The highest BCUT2D eigenvalue weighted by Gasteiger charge is 2.22. The van der Waals surface area contributed by atoms with E-state index in [4.69, 9.17) is 16.0 Å². The van der Waals surface area contributed by atoms with E-state index >= 15 is 0 Å². The minimum absolute atomic E-state index is 0.101. The van der Waals surface area contributed by atoms with Crippen LogP contribution in [-0.4, -0.2) is 54.4 Å². The third-order valence-corrected chi connectivity index (χ3v) is 7.14. The largest absolute Gasteiger partial charge is 0.383 e. The van der Waals surface area contributed by atoms with Gasteiger partial charge in [-0.3, -0.25) is 14.3 Å². The molecule has 5 aromatic rings.